The normalized spacial score (nSPS) is 9.56. The number of nitriles is 1. The lowest BCUT2D eigenvalue weighted by atomic mass is 10.2. The Bertz CT molecular complexity index is 457. The van der Waals surface area contributed by atoms with Crippen molar-refractivity contribution in [2.75, 3.05) is 12.3 Å². The predicted molar refractivity (Wildman–Crippen MR) is 66.0 cm³/mol. The summed E-state index contributed by atoms with van der Waals surface area (Å²) >= 11 is 4.22. The summed E-state index contributed by atoms with van der Waals surface area (Å²) < 4.78 is 5.54. The first-order valence-corrected chi connectivity index (χ1v) is 6.03. The SMILES string of the molecule is CCOC(=O)c1cc(SC#N)c(Br)cc1N. The molecule has 1 aromatic carbocycles. The van der Waals surface area contributed by atoms with E-state index >= 15 is 0 Å². The number of carbonyl (C=O) groups excluding carboxylic acids is 1. The monoisotopic (exact) mass is 300 g/mol. The number of rotatable bonds is 3. The minimum atomic E-state index is -0.479. The molecule has 0 fully saturated rings. The Morgan fingerprint density at radius 3 is 2.94 bits per heavy atom. The maximum Gasteiger partial charge on any atom is 0.340 e. The number of nitrogens with two attached hydrogens (primary N) is 1. The Hall–Kier alpha value is -1.19. The highest BCUT2D eigenvalue weighted by atomic mass is 79.9. The van der Waals surface area contributed by atoms with E-state index in [1.807, 2.05) is 5.40 Å². The van der Waals surface area contributed by atoms with Crippen molar-refractivity contribution in [3.8, 4) is 5.40 Å². The van der Waals surface area contributed by atoms with Crippen LogP contribution >= 0.6 is 27.7 Å². The largest absolute Gasteiger partial charge is 0.462 e. The number of esters is 1. The van der Waals surface area contributed by atoms with Gasteiger partial charge in [-0.1, -0.05) is 0 Å². The van der Waals surface area contributed by atoms with Crippen LogP contribution in [0.1, 0.15) is 17.3 Å². The fourth-order valence-corrected chi connectivity index (χ4v) is 2.12. The molecule has 0 aliphatic carbocycles. The smallest absolute Gasteiger partial charge is 0.340 e. The highest BCUT2D eigenvalue weighted by Crippen LogP contribution is 2.31. The first kappa shape index (κ1) is 12.9. The second-order valence-corrected chi connectivity index (χ2v) is 4.46. The number of nitrogens with zero attached hydrogens (tertiary/aromatic N) is 1. The molecule has 0 heterocycles. The quantitative estimate of drug-likeness (QED) is 0.402. The highest BCUT2D eigenvalue weighted by Gasteiger charge is 2.14. The first-order valence-electron chi connectivity index (χ1n) is 4.42. The van der Waals surface area contributed by atoms with Crippen LogP contribution in [-0.2, 0) is 4.74 Å². The molecule has 0 spiro atoms. The fourth-order valence-electron chi connectivity index (χ4n) is 1.08. The molecule has 84 valence electrons. The standard InChI is InChI=1S/C10H9BrN2O2S/c1-2-15-10(14)6-3-9(16-5-12)7(11)4-8(6)13/h3-4H,2,13H2,1H3. The van der Waals surface area contributed by atoms with Crippen molar-refractivity contribution >= 4 is 39.3 Å². The van der Waals surface area contributed by atoms with Gasteiger partial charge in [-0.3, -0.25) is 0 Å². The zero-order valence-electron chi connectivity index (χ0n) is 8.49. The molecule has 0 bridgehead atoms. The van der Waals surface area contributed by atoms with Gasteiger partial charge in [-0.15, -0.1) is 0 Å². The van der Waals surface area contributed by atoms with Crippen LogP contribution in [0.15, 0.2) is 21.5 Å². The van der Waals surface area contributed by atoms with E-state index in [0.717, 1.165) is 11.8 Å². The molecule has 16 heavy (non-hydrogen) atoms. The molecule has 2 N–H and O–H groups in total. The van der Waals surface area contributed by atoms with E-state index < -0.39 is 5.97 Å². The van der Waals surface area contributed by atoms with E-state index in [0.29, 0.717) is 15.1 Å². The third-order valence-electron chi connectivity index (χ3n) is 1.75. The van der Waals surface area contributed by atoms with E-state index in [1.165, 1.54) is 0 Å². The minimum absolute atomic E-state index is 0.280. The van der Waals surface area contributed by atoms with E-state index in [4.69, 9.17) is 15.7 Å². The van der Waals surface area contributed by atoms with Gasteiger partial charge in [0.2, 0.25) is 0 Å². The molecule has 0 saturated carbocycles. The van der Waals surface area contributed by atoms with Gasteiger partial charge in [-0.25, -0.2) is 4.79 Å². The molecule has 0 saturated heterocycles. The molecule has 0 atom stereocenters. The Labute approximate surface area is 106 Å². The van der Waals surface area contributed by atoms with Crippen LogP contribution in [0.25, 0.3) is 0 Å². The van der Waals surface area contributed by atoms with Crippen LogP contribution in [0, 0.1) is 10.7 Å². The molecule has 0 aromatic heterocycles. The number of benzene rings is 1. The van der Waals surface area contributed by atoms with E-state index in [-0.39, 0.29) is 12.2 Å². The van der Waals surface area contributed by atoms with E-state index in [9.17, 15) is 4.79 Å². The second kappa shape index (κ2) is 5.77. The molecule has 1 aromatic rings. The van der Waals surface area contributed by atoms with Crippen LogP contribution in [0.3, 0.4) is 0 Å². The van der Waals surface area contributed by atoms with Crippen molar-refractivity contribution in [2.45, 2.75) is 11.8 Å². The highest BCUT2D eigenvalue weighted by molar-refractivity contribution is 9.10. The zero-order chi connectivity index (χ0) is 12.1. The van der Waals surface area contributed by atoms with Crippen molar-refractivity contribution in [3.05, 3.63) is 22.2 Å². The molecule has 0 radical (unpaired) electrons. The molecule has 0 aliphatic rings. The Morgan fingerprint density at radius 2 is 2.38 bits per heavy atom. The summed E-state index contributed by atoms with van der Waals surface area (Å²) in [5.41, 5.74) is 6.30. The number of hydrogen-bond acceptors (Lipinski definition) is 5. The number of ether oxygens (including phenoxy) is 1. The van der Waals surface area contributed by atoms with Gasteiger partial charge in [0.1, 0.15) is 5.40 Å². The lowest BCUT2D eigenvalue weighted by molar-refractivity contribution is 0.0527. The Balaban J connectivity index is 3.15. The van der Waals surface area contributed by atoms with Crippen LogP contribution in [-0.4, -0.2) is 12.6 Å². The summed E-state index contributed by atoms with van der Waals surface area (Å²) in [6.07, 6.45) is 0. The average molecular weight is 301 g/mol. The summed E-state index contributed by atoms with van der Waals surface area (Å²) in [7, 11) is 0. The second-order valence-electron chi connectivity index (χ2n) is 2.78. The molecular formula is C10H9BrN2O2S. The van der Waals surface area contributed by atoms with Gasteiger partial charge in [0.15, 0.2) is 0 Å². The van der Waals surface area contributed by atoms with Crippen molar-refractivity contribution in [2.24, 2.45) is 0 Å². The summed E-state index contributed by atoms with van der Waals surface area (Å²) in [5, 5.41) is 10.5. The van der Waals surface area contributed by atoms with Gasteiger partial charge in [0, 0.05) is 15.1 Å². The van der Waals surface area contributed by atoms with E-state index in [2.05, 4.69) is 15.9 Å². The fraction of sp³-hybridized carbons (Fsp3) is 0.200. The maximum atomic E-state index is 11.5. The lowest BCUT2D eigenvalue weighted by Gasteiger charge is -2.07. The van der Waals surface area contributed by atoms with E-state index in [1.54, 1.807) is 19.1 Å². The minimum Gasteiger partial charge on any atom is -0.462 e. The van der Waals surface area contributed by atoms with Crippen LogP contribution < -0.4 is 5.73 Å². The van der Waals surface area contributed by atoms with Gasteiger partial charge < -0.3 is 10.5 Å². The van der Waals surface area contributed by atoms with Gasteiger partial charge >= 0.3 is 5.97 Å². The number of hydrogen-bond donors (Lipinski definition) is 1. The molecule has 4 nitrogen and oxygen atoms in total. The third-order valence-corrected chi connectivity index (χ3v) is 3.32. The molecule has 0 amide bonds. The van der Waals surface area contributed by atoms with Crippen LogP contribution in [0.4, 0.5) is 5.69 Å². The number of halogens is 1. The molecule has 6 heteroatoms. The molecular weight excluding hydrogens is 292 g/mol. The lowest BCUT2D eigenvalue weighted by Crippen LogP contribution is -2.08. The zero-order valence-corrected chi connectivity index (χ0v) is 10.9. The van der Waals surface area contributed by atoms with Crippen molar-refractivity contribution in [1.82, 2.24) is 0 Å². The topological polar surface area (TPSA) is 76.1 Å². The van der Waals surface area contributed by atoms with Gasteiger partial charge in [0.05, 0.1) is 12.2 Å². The third kappa shape index (κ3) is 2.90. The number of thioether (sulfide) groups is 1. The summed E-state index contributed by atoms with van der Waals surface area (Å²) in [6.45, 7) is 2.01. The van der Waals surface area contributed by atoms with Crippen LogP contribution in [0.2, 0.25) is 0 Å². The number of thiocyanates is 1. The van der Waals surface area contributed by atoms with Crippen molar-refractivity contribution < 1.29 is 9.53 Å². The summed E-state index contributed by atoms with van der Waals surface area (Å²) in [6, 6.07) is 3.14. The molecule has 0 unspecified atom stereocenters. The number of carbonyl (C=O) groups is 1. The number of anilines is 1. The van der Waals surface area contributed by atoms with Crippen LogP contribution in [0.5, 0.6) is 0 Å². The Kier molecular flexibility index (Phi) is 4.65. The molecule has 1 rings (SSSR count). The van der Waals surface area contributed by atoms with Gasteiger partial charge in [0.25, 0.3) is 0 Å². The molecule has 0 aliphatic heterocycles. The summed E-state index contributed by atoms with van der Waals surface area (Å²) in [4.78, 5) is 12.2. The first-order chi connectivity index (χ1) is 7.60. The van der Waals surface area contributed by atoms with Crippen molar-refractivity contribution in [3.63, 3.8) is 0 Å². The number of nitrogen functional groups attached to an aromatic ring is 1. The summed E-state index contributed by atoms with van der Waals surface area (Å²) in [5.74, 6) is -0.479. The van der Waals surface area contributed by atoms with Gasteiger partial charge in [-0.05, 0) is 46.7 Å². The Morgan fingerprint density at radius 1 is 1.69 bits per heavy atom. The van der Waals surface area contributed by atoms with Gasteiger partial charge in [-0.2, -0.15) is 5.26 Å². The predicted octanol–water partition coefficient (Wildman–Crippen LogP) is 2.78. The maximum absolute atomic E-state index is 11.5. The van der Waals surface area contributed by atoms with Crippen molar-refractivity contribution in [1.29, 1.82) is 5.26 Å². The average Bonchev–Trinajstić information content (AvgIpc) is 2.22.